The molecule has 9 heteroatoms. The molecule has 200 valence electrons. The summed E-state index contributed by atoms with van der Waals surface area (Å²) in [7, 11) is 1.28. The van der Waals surface area contributed by atoms with E-state index in [9.17, 15) is 14.4 Å². The van der Waals surface area contributed by atoms with Crippen molar-refractivity contribution in [3.05, 3.63) is 107 Å². The highest BCUT2D eigenvalue weighted by Gasteiger charge is 2.24. The van der Waals surface area contributed by atoms with E-state index in [0.717, 1.165) is 11.1 Å². The Morgan fingerprint density at radius 3 is 2.21 bits per heavy atom. The number of hydrogen-bond donors (Lipinski definition) is 2. The molecule has 39 heavy (non-hydrogen) atoms. The first-order chi connectivity index (χ1) is 18.9. The van der Waals surface area contributed by atoms with Crippen molar-refractivity contribution in [2.45, 2.75) is 32.4 Å². The highest BCUT2D eigenvalue weighted by atomic mass is 16.6. The van der Waals surface area contributed by atoms with Crippen molar-refractivity contribution >= 4 is 23.7 Å². The highest BCUT2D eigenvalue weighted by Crippen LogP contribution is 2.31. The number of nitrogens with one attached hydrogen (secondary N) is 2. The van der Waals surface area contributed by atoms with Crippen molar-refractivity contribution < 1.29 is 28.4 Å². The van der Waals surface area contributed by atoms with Gasteiger partial charge < -0.3 is 19.3 Å². The maximum atomic E-state index is 12.9. The SMILES string of the molecule is COC(=O)[C@@H](Cc1ccccc1)NC(=O)c1ccc(-c2onc(C)c2NC(=O)O[C@H](C)c2ccccc2)cc1. The second-order valence-corrected chi connectivity index (χ2v) is 8.87. The van der Waals surface area contributed by atoms with E-state index in [-0.39, 0.29) is 0 Å². The van der Waals surface area contributed by atoms with E-state index in [1.165, 1.54) is 7.11 Å². The lowest BCUT2D eigenvalue weighted by atomic mass is 10.0. The van der Waals surface area contributed by atoms with E-state index in [1.807, 2.05) is 60.7 Å². The zero-order valence-corrected chi connectivity index (χ0v) is 21.8. The number of methoxy groups -OCH3 is 1. The molecular weight excluding hydrogens is 498 g/mol. The van der Waals surface area contributed by atoms with Crippen LogP contribution < -0.4 is 10.6 Å². The number of hydrogen-bond acceptors (Lipinski definition) is 7. The molecule has 0 fully saturated rings. The first-order valence-corrected chi connectivity index (χ1v) is 12.4. The lowest BCUT2D eigenvalue weighted by molar-refractivity contribution is -0.142. The van der Waals surface area contributed by atoms with Gasteiger partial charge in [-0.2, -0.15) is 0 Å². The van der Waals surface area contributed by atoms with Crippen molar-refractivity contribution in [2.24, 2.45) is 0 Å². The molecule has 0 aliphatic carbocycles. The van der Waals surface area contributed by atoms with Crippen molar-refractivity contribution in [3.63, 3.8) is 0 Å². The van der Waals surface area contributed by atoms with Crippen LogP contribution in [0.25, 0.3) is 11.3 Å². The van der Waals surface area contributed by atoms with Crippen LogP contribution in [0.15, 0.2) is 89.5 Å². The fourth-order valence-corrected chi connectivity index (χ4v) is 4.00. The molecule has 4 rings (SSSR count). The lowest BCUT2D eigenvalue weighted by Gasteiger charge is -2.17. The number of amides is 2. The molecule has 1 aromatic heterocycles. The second-order valence-electron chi connectivity index (χ2n) is 8.87. The third kappa shape index (κ3) is 6.89. The van der Waals surface area contributed by atoms with E-state index in [4.69, 9.17) is 14.0 Å². The van der Waals surface area contributed by atoms with Gasteiger partial charge in [-0.05, 0) is 37.1 Å². The van der Waals surface area contributed by atoms with Gasteiger partial charge in [-0.1, -0.05) is 78.0 Å². The van der Waals surface area contributed by atoms with Crippen LogP contribution in [0, 0.1) is 6.92 Å². The number of anilines is 1. The minimum Gasteiger partial charge on any atom is -0.467 e. The Bertz CT molecular complexity index is 1420. The van der Waals surface area contributed by atoms with E-state index in [2.05, 4.69) is 15.8 Å². The van der Waals surface area contributed by atoms with E-state index in [1.54, 1.807) is 38.1 Å². The van der Waals surface area contributed by atoms with Crippen molar-refractivity contribution in [3.8, 4) is 11.3 Å². The quantitative estimate of drug-likeness (QED) is 0.277. The number of rotatable bonds is 9. The summed E-state index contributed by atoms with van der Waals surface area (Å²) < 4.78 is 15.8. The molecular formula is C30H29N3O6. The van der Waals surface area contributed by atoms with Gasteiger partial charge in [-0.15, -0.1) is 0 Å². The molecule has 3 aromatic carbocycles. The summed E-state index contributed by atoms with van der Waals surface area (Å²) in [6, 6.07) is 24.4. The van der Waals surface area contributed by atoms with Gasteiger partial charge in [0.15, 0.2) is 5.76 Å². The molecule has 9 nitrogen and oxygen atoms in total. The molecule has 0 spiro atoms. The monoisotopic (exact) mass is 527 g/mol. The fourth-order valence-electron chi connectivity index (χ4n) is 4.00. The van der Waals surface area contributed by atoms with Crippen molar-refractivity contribution in [1.82, 2.24) is 10.5 Å². The van der Waals surface area contributed by atoms with Crippen molar-refractivity contribution in [1.29, 1.82) is 0 Å². The zero-order chi connectivity index (χ0) is 27.8. The zero-order valence-electron chi connectivity index (χ0n) is 21.8. The Labute approximate surface area is 226 Å². The number of carbonyl (C=O) groups excluding carboxylic acids is 3. The summed E-state index contributed by atoms with van der Waals surface area (Å²) in [4.78, 5) is 37.8. The minimum atomic E-state index is -0.846. The van der Waals surface area contributed by atoms with Gasteiger partial charge in [0.2, 0.25) is 0 Å². The van der Waals surface area contributed by atoms with E-state index >= 15 is 0 Å². The smallest absolute Gasteiger partial charge is 0.412 e. The molecule has 0 bridgehead atoms. The summed E-state index contributed by atoms with van der Waals surface area (Å²) >= 11 is 0. The summed E-state index contributed by atoms with van der Waals surface area (Å²) in [5.41, 5.74) is 3.52. The summed E-state index contributed by atoms with van der Waals surface area (Å²) in [5.74, 6) is -0.649. The summed E-state index contributed by atoms with van der Waals surface area (Å²) in [6.07, 6.45) is -0.812. The maximum Gasteiger partial charge on any atom is 0.412 e. The normalized spacial score (nSPS) is 12.2. The van der Waals surface area contributed by atoms with Gasteiger partial charge in [0.1, 0.15) is 23.5 Å². The summed E-state index contributed by atoms with van der Waals surface area (Å²) in [5, 5.41) is 9.43. The molecule has 2 N–H and O–H groups in total. The predicted octanol–water partition coefficient (Wildman–Crippen LogP) is 5.47. The van der Waals surface area contributed by atoms with Crippen LogP contribution >= 0.6 is 0 Å². The number of carbonyl (C=O) groups is 3. The number of benzene rings is 3. The van der Waals surface area contributed by atoms with E-state index in [0.29, 0.717) is 34.7 Å². The third-order valence-corrected chi connectivity index (χ3v) is 6.13. The fraction of sp³-hybridized carbons (Fsp3) is 0.200. The lowest BCUT2D eigenvalue weighted by Crippen LogP contribution is -2.43. The first kappa shape index (κ1) is 27.1. The largest absolute Gasteiger partial charge is 0.467 e. The minimum absolute atomic E-state index is 0.294. The predicted molar refractivity (Wildman–Crippen MR) is 145 cm³/mol. The molecule has 0 radical (unpaired) electrons. The molecule has 0 aliphatic heterocycles. The standard InChI is InChI=1S/C30H29N3O6/c1-19-26(32-30(36)38-20(2)22-12-8-5-9-13-22)27(39-33-19)23-14-16-24(17-15-23)28(34)31-25(29(35)37-3)18-21-10-6-4-7-11-21/h4-17,20,25H,18H2,1-3H3,(H,31,34)(H,32,36)/t20-,25-/m1/s1. The van der Waals surface area contributed by atoms with Crippen LogP contribution in [-0.4, -0.2) is 36.3 Å². The number of ether oxygens (including phenoxy) is 2. The van der Waals surface area contributed by atoms with Gasteiger partial charge >= 0.3 is 12.1 Å². The Kier molecular flexibility index (Phi) is 8.73. The van der Waals surface area contributed by atoms with Crippen LogP contribution in [0.3, 0.4) is 0 Å². The number of aromatic nitrogens is 1. The Morgan fingerprint density at radius 2 is 1.56 bits per heavy atom. The van der Waals surface area contributed by atoms with Gasteiger partial charge in [-0.25, -0.2) is 9.59 Å². The second kappa shape index (κ2) is 12.6. The highest BCUT2D eigenvalue weighted by molar-refractivity contribution is 5.97. The van der Waals surface area contributed by atoms with Crippen LogP contribution in [0.1, 0.15) is 40.2 Å². The molecule has 2 amide bonds. The Balaban J connectivity index is 1.44. The molecule has 0 unspecified atom stereocenters. The first-order valence-electron chi connectivity index (χ1n) is 12.4. The third-order valence-electron chi connectivity index (χ3n) is 6.13. The Morgan fingerprint density at radius 1 is 0.923 bits per heavy atom. The van der Waals surface area contributed by atoms with Gasteiger partial charge in [0.25, 0.3) is 5.91 Å². The molecule has 0 aliphatic rings. The molecule has 0 saturated heterocycles. The molecule has 1 heterocycles. The van der Waals surface area contributed by atoms with Crippen LogP contribution in [-0.2, 0) is 20.7 Å². The Hall–Kier alpha value is -4.92. The van der Waals surface area contributed by atoms with Crippen LogP contribution in [0.4, 0.5) is 10.5 Å². The average molecular weight is 528 g/mol. The number of esters is 1. The number of aryl methyl sites for hydroxylation is 1. The summed E-state index contributed by atoms with van der Waals surface area (Å²) in [6.45, 7) is 3.48. The van der Waals surface area contributed by atoms with Crippen LogP contribution in [0.5, 0.6) is 0 Å². The molecule has 4 aromatic rings. The van der Waals surface area contributed by atoms with Gasteiger partial charge in [-0.3, -0.25) is 10.1 Å². The van der Waals surface area contributed by atoms with Gasteiger partial charge in [0.05, 0.1) is 7.11 Å². The topological polar surface area (TPSA) is 120 Å². The van der Waals surface area contributed by atoms with Crippen molar-refractivity contribution in [2.75, 3.05) is 12.4 Å². The molecule has 2 atom stereocenters. The maximum absolute atomic E-state index is 12.9. The number of nitrogens with zero attached hydrogens (tertiary/aromatic N) is 1. The van der Waals surface area contributed by atoms with Crippen LogP contribution in [0.2, 0.25) is 0 Å². The average Bonchev–Trinajstić information content (AvgIpc) is 3.32. The molecule has 0 saturated carbocycles. The van der Waals surface area contributed by atoms with Gasteiger partial charge in [0, 0.05) is 17.5 Å². The van der Waals surface area contributed by atoms with E-state index < -0.39 is 30.1 Å².